The third-order valence-corrected chi connectivity index (χ3v) is 4.58. The molecular weight excluding hydrogens is 296 g/mol. The molecule has 1 aromatic heterocycles. The summed E-state index contributed by atoms with van der Waals surface area (Å²) in [6.45, 7) is 0.870. The average Bonchev–Trinajstić information content (AvgIpc) is 2.66. The fraction of sp³-hybridized carbons (Fsp3) is 0.636. The van der Waals surface area contributed by atoms with Gasteiger partial charge in [0, 0.05) is 12.5 Å². The van der Waals surface area contributed by atoms with E-state index < -0.39 is 5.92 Å². The van der Waals surface area contributed by atoms with Crippen LogP contribution in [0.25, 0.3) is 0 Å². The highest BCUT2D eigenvalue weighted by atomic mass is 79.9. The Kier molecular flexibility index (Phi) is 3.97. The van der Waals surface area contributed by atoms with E-state index in [9.17, 15) is 8.78 Å². The average molecular weight is 310 g/mol. The molecule has 1 aromatic rings. The van der Waals surface area contributed by atoms with Crippen LogP contribution in [0, 0.1) is 0 Å². The molecule has 2 rings (SSSR count). The smallest absolute Gasteiger partial charge is 0.283 e. The van der Waals surface area contributed by atoms with Gasteiger partial charge in [-0.25, -0.2) is 8.78 Å². The summed E-state index contributed by atoms with van der Waals surface area (Å²) < 4.78 is 28.6. The standard InChI is InChI=1S/C11H14BrF2NS/c12-10-5-4-9(16-10)11(13,14)7-8-3-1-2-6-15-8/h4-5,8,15H,1-3,6-7H2. The van der Waals surface area contributed by atoms with E-state index in [1.54, 1.807) is 6.07 Å². The van der Waals surface area contributed by atoms with E-state index >= 15 is 0 Å². The van der Waals surface area contributed by atoms with Crippen LogP contribution in [0.4, 0.5) is 8.78 Å². The Balaban J connectivity index is 2.01. The topological polar surface area (TPSA) is 12.0 Å². The minimum atomic E-state index is -2.70. The van der Waals surface area contributed by atoms with Crippen molar-refractivity contribution in [3.05, 3.63) is 20.8 Å². The van der Waals surface area contributed by atoms with Crippen molar-refractivity contribution in [2.75, 3.05) is 6.54 Å². The highest BCUT2D eigenvalue weighted by Gasteiger charge is 2.36. The van der Waals surface area contributed by atoms with Gasteiger partial charge in [0.1, 0.15) is 0 Å². The molecule has 5 heteroatoms. The van der Waals surface area contributed by atoms with Crippen molar-refractivity contribution in [2.45, 2.75) is 37.6 Å². The predicted molar refractivity (Wildman–Crippen MR) is 66.2 cm³/mol. The number of hydrogen-bond donors (Lipinski definition) is 1. The van der Waals surface area contributed by atoms with Gasteiger partial charge < -0.3 is 5.32 Å². The third-order valence-electron chi connectivity index (χ3n) is 2.85. The first kappa shape index (κ1) is 12.5. The molecule has 0 bridgehead atoms. The first-order chi connectivity index (χ1) is 7.58. The van der Waals surface area contributed by atoms with Crippen molar-refractivity contribution in [1.29, 1.82) is 0 Å². The summed E-state index contributed by atoms with van der Waals surface area (Å²) in [4.78, 5) is 0.159. The van der Waals surface area contributed by atoms with Gasteiger partial charge in [0.05, 0.1) is 8.66 Å². The zero-order valence-corrected chi connectivity index (χ0v) is 11.2. The first-order valence-corrected chi connectivity index (χ1v) is 7.06. The Morgan fingerprint density at radius 3 is 2.81 bits per heavy atom. The SMILES string of the molecule is FC(F)(CC1CCCCN1)c1ccc(Br)s1. The highest BCUT2D eigenvalue weighted by molar-refractivity contribution is 9.11. The summed E-state index contributed by atoms with van der Waals surface area (Å²) in [5, 5.41) is 3.16. The fourth-order valence-corrected chi connectivity index (χ4v) is 3.39. The van der Waals surface area contributed by atoms with Gasteiger partial charge in [-0.15, -0.1) is 11.3 Å². The maximum absolute atomic E-state index is 13.9. The number of hydrogen-bond acceptors (Lipinski definition) is 2. The molecule has 1 unspecified atom stereocenters. The summed E-state index contributed by atoms with van der Waals surface area (Å²) in [5.74, 6) is -2.70. The summed E-state index contributed by atoms with van der Waals surface area (Å²) in [6, 6.07) is 3.16. The number of halogens is 3. The van der Waals surface area contributed by atoms with Crippen molar-refractivity contribution in [3.63, 3.8) is 0 Å². The molecular formula is C11H14BrF2NS. The van der Waals surface area contributed by atoms with Crippen molar-refractivity contribution in [2.24, 2.45) is 0 Å². The van der Waals surface area contributed by atoms with Crippen molar-refractivity contribution < 1.29 is 8.78 Å². The number of rotatable bonds is 3. The Morgan fingerprint density at radius 1 is 1.44 bits per heavy atom. The van der Waals surface area contributed by atoms with E-state index in [2.05, 4.69) is 21.2 Å². The van der Waals surface area contributed by atoms with E-state index in [4.69, 9.17) is 0 Å². The second-order valence-corrected chi connectivity index (χ2v) is 6.62. The molecule has 1 aliphatic heterocycles. The van der Waals surface area contributed by atoms with Gasteiger partial charge >= 0.3 is 0 Å². The molecule has 2 heterocycles. The molecule has 1 N–H and O–H groups in total. The lowest BCUT2D eigenvalue weighted by molar-refractivity contribution is -0.0216. The lowest BCUT2D eigenvalue weighted by Gasteiger charge is -2.27. The molecule has 1 nitrogen and oxygen atoms in total. The van der Waals surface area contributed by atoms with Crippen LogP contribution in [-0.4, -0.2) is 12.6 Å². The minimum absolute atomic E-state index is 0.0374. The Labute approximate surface area is 106 Å². The second kappa shape index (κ2) is 5.10. The van der Waals surface area contributed by atoms with Gasteiger partial charge in [-0.1, -0.05) is 6.42 Å². The zero-order chi connectivity index (χ0) is 11.6. The third kappa shape index (κ3) is 3.02. The molecule has 0 spiro atoms. The maximum Gasteiger partial charge on any atom is 0.283 e. The Morgan fingerprint density at radius 2 is 2.25 bits per heavy atom. The van der Waals surface area contributed by atoms with Crippen LogP contribution < -0.4 is 5.32 Å². The number of nitrogens with one attached hydrogen (secondary N) is 1. The summed E-state index contributed by atoms with van der Waals surface area (Å²) in [5.41, 5.74) is 0. The first-order valence-electron chi connectivity index (χ1n) is 5.45. The molecule has 90 valence electrons. The molecule has 1 atom stereocenters. The lowest BCUT2D eigenvalue weighted by Crippen LogP contribution is -2.37. The lowest BCUT2D eigenvalue weighted by atomic mass is 9.98. The van der Waals surface area contributed by atoms with Crippen LogP contribution in [0.2, 0.25) is 0 Å². The highest BCUT2D eigenvalue weighted by Crippen LogP contribution is 2.39. The summed E-state index contributed by atoms with van der Waals surface area (Å²) in [6.07, 6.45) is 2.94. The summed E-state index contributed by atoms with van der Waals surface area (Å²) in [7, 11) is 0. The zero-order valence-electron chi connectivity index (χ0n) is 8.81. The maximum atomic E-state index is 13.9. The van der Waals surface area contributed by atoms with E-state index in [1.807, 2.05) is 0 Å². The van der Waals surface area contributed by atoms with Crippen LogP contribution in [0.3, 0.4) is 0 Å². The minimum Gasteiger partial charge on any atom is -0.314 e. The van der Waals surface area contributed by atoms with E-state index in [1.165, 1.54) is 6.07 Å². The normalized spacial score (nSPS) is 22.3. The van der Waals surface area contributed by atoms with Gasteiger partial charge in [0.2, 0.25) is 0 Å². The predicted octanol–water partition coefficient (Wildman–Crippen LogP) is 4.13. The van der Waals surface area contributed by atoms with E-state index in [-0.39, 0.29) is 17.3 Å². The number of piperidine rings is 1. The molecule has 0 aromatic carbocycles. The van der Waals surface area contributed by atoms with E-state index in [0.29, 0.717) is 0 Å². The molecule has 0 amide bonds. The van der Waals surface area contributed by atoms with Gasteiger partial charge in [0.15, 0.2) is 0 Å². The van der Waals surface area contributed by atoms with Gasteiger partial charge in [0.25, 0.3) is 5.92 Å². The van der Waals surface area contributed by atoms with Crippen molar-refractivity contribution in [1.82, 2.24) is 5.32 Å². The van der Waals surface area contributed by atoms with Crippen LogP contribution in [0.1, 0.15) is 30.6 Å². The fourth-order valence-electron chi connectivity index (χ4n) is 2.02. The quantitative estimate of drug-likeness (QED) is 0.885. The largest absolute Gasteiger partial charge is 0.314 e. The molecule has 1 fully saturated rings. The van der Waals surface area contributed by atoms with Crippen LogP contribution in [0.15, 0.2) is 15.9 Å². The van der Waals surface area contributed by atoms with Crippen molar-refractivity contribution >= 4 is 27.3 Å². The monoisotopic (exact) mass is 309 g/mol. The Bertz CT molecular complexity index is 348. The Hall–Kier alpha value is -0.0000000000000000833. The summed E-state index contributed by atoms with van der Waals surface area (Å²) >= 11 is 4.34. The van der Waals surface area contributed by atoms with Gasteiger partial charge in [-0.3, -0.25) is 0 Å². The molecule has 0 aliphatic carbocycles. The molecule has 0 saturated carbocycles. The van der Waals surface area contributed by atoms with Crippen LogP contribution in [0.5, 0.6) is 0 Å². The second-order valence-electron chi connectivity index (χ2n) is 4.16. The van der Waals surface area contributed by atoms with Gasteiger partial charge in [-0.2, -0.15) is 0 Å². The van der Waals surface area contributed by atoms with E-state index in [0.717, 1.165) is 40.9 Å². The molecule has 1 aliphatic rings. The molecule has 16 heavy (non-hydrogen) atoms. The van der Waals surface area contributed by atoms with Gasteiger partial charge in [-0.05, 0) is 47.4 Å². The van der Waals surface area contributed by atoms with Crippen LogP contribution >= 0.6 is 27.3 Å². The molecule has 1 saturated heterocycles. The number of alkyl halides is 2. The van der Waals surface area contributed by atoms with Crippen molar-refractivity contribution in [3.8, 4) is 0 Å². The van der Waals surface area contributed by atoms with Crippen LogP contribution in [-0.2, 0) is 5.92 Å². The number of thiophene rings is 1. The molecule has 0 radical (unpaired) electrons.